The zero-order valence-electron chi connectivity index (χ0n) is 6.07. The van der Waals surface area contributed by atoms with Gasteiger partial charge < -0.3 is 10.5 Å². The molecule has 0 saturated carbocycles. The Kier molecular flexibility index (Phi) is 5.28. The Morgan fingerprint density at radius 2 is 2.27 bits per heavy atom. The van der Waals surface area contributed by atoms with E-state index in [1.807, 2.05) is 0 Å². The van der Waals surface area contributed by atoms with Gasteiger partial charge in [0.05, 0.1) is 12.9 Å². The highest BCUT2D eigenvalue weighted by atomic mass is 32.2. The Morgan fingerprint density at radius 1 is 1.64 bits per heavy atom. The first-order chi connectivity index (χ1) is 5.16. The SMILES string of the molecule is COC(=O)/C=C/SCC(N)=O. The van der Waals surface area contributed by atoms with Crippen LogP contribution in [0.2, 0.25) is 0 Å². The van der Waals surface area contributed by atoms with Crippen molar-refractivity contribution in [2.75, 3.05) is 12.9 Å². The lowest BCUT2D eigenvalue weighted by Crippen LogP contribution is -2.12. The highest BCUT2D eigenvalue weighted by Crippen LogP contribution is 1.99. The van der Waals surface area contributed by atoms with E-state index >= 15 is 0 Å². The summed E-state index contributed by atoms with van der Waals surface area (Å²) in [7, 11) is 1.28. The molecular weight excluding hydrogens is 166 g/mol. The topological polar surface area (TPSA) is 69.4 Å². The smallest absolute Gasteiger partial charge is 0.330 e. The summed E-state index contributed by atoms with van der Waals surface area (Å²) < 4.78 is 4.30. The molecule has 0 aromatic carbocycles. The van der Waals surface area contributed by atoms with E-state index < -0.39 is 11.9 Å². The number of hydrogen-bond acceptors (Lipinski definition) is 4. The normalized spacial score (nSPS) is 9.91. The van der Waals surface area contributed by atoms with Gasteiger partial charge in [-0.1, -0.05) is 0 Å². The van der Waals surface area contributed by atoms with E-state index in [0.717, 1.165) is 11.8 Å². The second-order valence-electron chi connectivity index (χ2n) is 1.60. The highest BCUT2D eigenvalue weighted by molar-refractivity contribution is 8.02. The van der Waals surface area contributed by atoms with Gasteiger partial charge in [-0.2, -0.15) is 0 Å². The standard InChI is InChI=1S/C6H9NO3S/c1-10-6(9)2-3-11-4-5(7)8/h2-3H,4H2,1H3,(H2,7,8)/b3-2+. The summed E-state index contributed by atoms with van der Waals surface area (Å²) in [4.78, 5) is 20.6. The molecular formula is C6H9NO3S. The average molecular weight is 175 g/mol. The Bertz CT molecular complexity index is 179. The number of esters is 1. The van der Waals surface area contributed by atoms with Crippen LogP contribution in [-0.4, -0.2) is 24.7 Å². The molecule has 11 heavy (non-hydrogen) atoms. The highest BCUT2D eigenvalue weighted by Gasteiger charge is 1.92. The van der Waals surface area contributed by atoms with Gasteiger partial charge in [-0.15, -0.1) is 11.8 Å². The fourth-order valence-electron chi connectivity index (χ4n) is 0.302. The summed E-state index contributed by atoms with van der Waals surface area (Å²) in [5.74, 6) is -0.681. The third-order valence-electron chi connectivity index (χ3n) is 0.727. The van der Waals surface area contributed by atoms with Crippen molar-refractivity contribution in [3.8, 4) is 0 Å². The Hall–Kier alpha value is -0.970. The summed E-state index contributed by atoms with van der Waals surface area (Å²) in [6.07, 6.45) is 1.23. The van der Waals surface area contributed by atoms with Crippen LogP contribution < -0.4 is 5.73 Å². The number of hydrogen-bond donors (Lipinski definition) is 1. The fourth-order valence-corrected chi connectivity index (χ4v) is 0.770. The fraction of sp³-hybridized carbons (Fsp3) is 0.333. The molecule has 0 atom stereocenters. The summed E-state index contributed by atoms with van der Waals surface area (Å²) in [5.41, 5.74) is 4.83. The van der Waals surface area contributed by atoms with Gasteiger partial charge in [0.15, 0.2) is 0 Å². The number of thioether (sulfide) groups is 1. The Labute approximate surface area is 68.8 Å². The number of carbonyl (C=O) groups is 2. The summed E-state index contributed by atoms with van der Waals surface area (Å²) in [6, 6.07) is 0. The minimum atomic E-state index is -0.443. The lowest BCUT2D eigenvalue weighted by atomic mass is 10.7. The average Bonchev–Trinajstić information content (AvgIpc) is 1.97. The van der Waals surface area contributed by atoms with Crippen LogP contribution in [-0.2, 0) is 14.3 Å². The molecule has 0 radical (unpaired) electrons. The molecule has 62 valence electrons. The van der Waals surface area contributed by atoms with Crippen molar-refractivity contribution in [2.45, 2.75) is 0 Å². The van der Waals surface area contributed by atoms with Crippen LogP contribution in [0.4, 0.5) is 0 Å². The third-order valence-corrected chi connectivity index (χ3v) is 1.51. The number of rotatable bonds is 4. The molecule has 0 aliphatic carbocycles. The first-order valence-electron chi connectivity index (χ1n) is 2.81. The van der Waals surface area contributed by atoms with Crippen LogP contribution >= 0.6 is 11.8 Å². The number of methoxy groups -OCH3 is 1. The largest absolute Gasteiger partial charge is 0.466 e. The van der Waals surface area contributed by atoms with Crippen LogP contribution in [0.5, 0.6) is 0 Å². The molecule has 0 bridgehead atoms. The maximum Gasteiger partial charge on any atom is 0.330 e. The Morgan fingerprint density at radius 3 is 2.73 bits per heavy atom. The first kappa shape index (κ1) is 10.0. The number of primary amides is 1. The predicted octanol–water partition coefficient (Wildman–Crippen LogP) is -0.108. The molecule has 0 aliphatic heterocycles. The van der Waals surface area contributed by atoms with Crippen LogP contribution in [0, 0.1) is 0 Å². The van der Waals surface area contributed by atoms with Crippen molar-refractivity contribution in [1.29, 1.82) is 0 Å². The summed E-state index contributed by atoms with van der Waals surface area (Å²) >= 11 is 1.15. The number of carbonyl (C=O) groups excluding carboxylic acids is 2. The molecule has 0 aromatic heterocycles. The molecule has 0 saturated heterocycles. The zero-order chi connectivity index (χ0) is 8.69. The van der Waals surface area contributed by atoms with Gasteiger partial charge in [0.1, 0.15) is 0 Å². The summed E-state index contributed by atoms with van der Waals surface area (Å²) in [5, 5.41) is 1.47. The van der Waals surface area contributed by atoms with Crippen molar-refractivity contribution in [3.05, 3.63) is 11.5 Å². The maximum atomic E-state index is 10.4. The predicted molar refractivity (Wildman–Crippen MR) is 42.8 cm³/mol. The van der Waals surface area contributed by atoms with E-state index in [2.05, 4.69) is 4.74 Å². The second-order valence-corrected chi connectivity index (χ2v) is 2.50. The van der Waals surface area contributed by atoms with Gasteiger partial charge in [-0.25, -0.2) is 4.79 Å². The molecule has 0 aliphatic rings. The van der Waals surface area contributed by atoms with E-state index in [0.29, 0.717) is 0 Å². The van der Waals surface area contributed by atoms with Crippen molar-refractivity contribution < 1.29 is 14.3 Å². The van der Waals surface area contributed by atoms with Gasteiger partial charge >= 0.3 is 5.97 Å². The van der Waals surface area contributed by atoms with Gasteiger partial charge in [0.25, 0.3) is 0 Å². The van der Waals surface area contributed by atoms with E-state index in [4.69, 9.17) is 5.73 Å². The van der Waals surface area contributed by atoms with E-state index in [1.54, 1.807) is 0 Å². The van der Waals surface area contributed by atoms with Gasteiger partial charge in [-0.3, -0.25) is 4.79 Å². The van der Waals surface area contributed by atoms with Crippen LogP contribution in [0.25, 0.3) is 0 Å². The van der Waals surface area contributed by atoms with E-state index in [-0.39, 0.29) is 5.75 Å². The second kappa shape index (κ2) is 5.79. The molecule has 0 spiro atoms. The third kappa shape index (κ3) is 6.92. The van der Waals surface area contributed by atoms with Crippen LogP contribution in [0.1, 0.15) is 0 Å². The molecule has 1 amide bonds. The molecule has 2 N–H and O–H groups in total. The quantitative estimate of drug-likeness (QED) is 0.478. The first-order valence-corrected chi connectivity index (χ1v) is 3.86. The van der Waals surface area contributed by atoms with Crippen LogP contribution in [0.15, 0.2) is 11.5 Å². The Balaban J connectivity index is 3.45. The number of amides is 1. The molecule has 0 rings (SSSR count). The molecule has 0 unspecified atom stereocenters. The molecule has 0 aromatic rings. The van der Waals surface area contributed by atoms with E-state index in [9.17, 15) is 9.59 Å². The molecule has 0 heterocycles. The minimum absolute atomic E-state index is 0.174. The van der Waals surface area contributed by atoms with Gasteiger partial charge in [-0.05, 0) is 5.41 Å². The molecule has 4 nitrogen and oxygen atoms in total. The van der Waals surface area contributed by atoms with E-state index in [1.165, 1.54) is 18.6 Å². The molecule has 0 fully saturated rings. The minimum Gasteiger partial charge on any atom is -0.466 e. The monoisotopic (exact) mass is 175 g/mol. The van der Waals surface area contributed by atoms with Gasteiger partial charge in [0, 0.05) is 6.08 Å². The summed E-state index contributed by atoms with van der Waals surface area (Å²) in [6.45, 7) is 0. The lowest BCUT2D eigenvalue weighted by molar-refractivity contribution is -0.134. The van der Waals surface area contributed by atoms with Crippen molar-refractivity contribution >= 4 is 23.6 Å². The van der Waals surface area contributed by atoms with Crippen molar-refractivity contribution in [1.82, 2.24) is 0 Å². The van der Waals surface area contributed by atoms with Crippen molar-refractivity contribution in [3.63, 3.8) is 0 Å². The zero-order valence-corrected chi connectivity index (χ0v) is 6.89. The number of ether oxygens (including phenoxy) is 1. The van der Waals surface area contributed by atoms with Gasteiger partial charge in [0.2, 0.25) is 5.91 Å². The van der Waals surface area contributed by atoms with Crippen molar-refractivity contribution in [2.24, 2.45) is 5.73 Å². The number of nitrogens with two attached hydrogens (primary N) is 1. The van der Waals surface area contributed by atoms with Crippen LogP contribution in [0.3, 0.4) is 0 Å². The lowest BCUT2D eigenvalue weighted by Gasteiger charge is -1.89. The molecule has 5 heteroatoms. The maximum absolute atomic E-state index is 10.4.